The van der Waals surface area contributed by atoms with Gasteiger partial charge in [0.2, 0.25) is 21.8 Å². The average Bonchev–Trinajstić information content (AvgIpc) is 3.91. The van der Waals surface area contributed by atoms with Gasteiger partial charge in [-0.25, -0.2) is 21.7 Å². The molecular formula is C41H49FN8O9S2. The first-order valence-corrected chi connectivity index (χ1v) is 22.0. The number of aromatic nitrogens is 3. The Kier molecular flexibility index (Phi) is 15.7. The number of fused-ring (bicyclic) bond motifs is 1. The first kappa shape index (κ1) is 45.0. The lowest BCUT2D eigenvalue weighted by Crippen LogP contribution is -2.50. The molecule has 2 aliphatic rings. The molecule has 2 amide bonds. The van der Waals surface area contributed by atoms with Crippen LogP contribution in [0.3, 0.4) is 0 Å². The van der Waals surface area contributed by atoms with Gasteiger partial charge < -0.3 is 35.1 Å². The fourth-order valence-electron chi connectivity index (χ4n) is 6.99. The van der Waals surface area contributed by atoms with Gasteiger partial charge in [-0.3, -0.25) is 24.1 Å². The van der Waals surface area contributed by atoms with E-state index in [2.05, 4.69) is 25.5 Å². The number of hydrogen-bond acceptors (Lipinski definition) is 12. The number of amides is 2. The van der Waals surface area contributed by atoms with Crippen LogP contribution in [-0.4, -0.2) is 140 Å². The number of rotatable bonds is 16. The fraction of sp³-hybridized carbons (Fsp3) is 0.390. The van der Waals surface area contributed by atoms with Crippen molar-refractivity contribution in [3.8, 4) is 5.69 Å². The summed E-state index contributed by atoms with van der Waals surface area (Å²) in [6.07, 6.45) is 4.86. The molecule has 61 heavy (non-hydrogen) atoms. The predicted molar refractivity (Wildman–Crippen MR) is 227 cm³/mol. The first-order valence-electron chi connectivity index (χ1n) is 19.8. The summed E-state index contributed by atoms with van der Waals surface area (Å²) in [7, 11) is -2.26. The summed E-state index contributed by atoms with van der Waals surface area (Å²) in [4.78, 5) is 59.5. The van der Waals surface area contributed by atoms with Crippen molar-refractivity contribution >= 4 is 55.1 Å². The van der Waals surface area contributed by atoms with Crippen molar-refractivity contribution in [1.82, 2.24) is 33.8 Å². The molecule has 0 radical (unpaired) electrons. The standard InChI is InChI=1S/C21H22FN3O5S2.C20H27N5O4/c22-15-1-4-20-17(13-15)21(26)25(31-20)19-14-16(32(27,28)24-7-11-30-12-8-24)2-3-18(19)23-5-9-29-10-6-23;1-21-20(29)17(10-16-11-22-14-23-16)24-18(26)12-25(13-19(27)28)9-5-8-15-6-3-2-4-7-15/h1-4,13-14H,5-12H2;2-4,6-7,11,14,17H,5,8-10,12-13H2,1H3,(H,21,29)(H,22,23)(H,24,26)(H,27,28)/t;17-/m.0/s1. The van der Waals surface area contributed by atoms with Gasteiger partial charge in [-0.15, -0.1) is 0 Å². The van der Waals surface area contributed by atoms with E-state index in [0.29, 0.717) is 62.1 Å². The smallest absolute Gasteiger partial charge is 0.317 e. The number of aliphatic carboxylic acids is 1. The maximum absolute atomic E-state index is 13.8. The van der Waals surface area contributed by atoms with Gasteiger partial charge in [-0.1, -0.05) is 41.9 Å². The number of hydrogen-bond donors (Lipinski definition) is 4. The van der Waals surface area contributed by atoms with Crippen LogP contribution in [0.4, 0.5) is 10.1 Å². The van der Waals surface area contributed by atoms with E-state index in [1.54, 1.807) is 35.4 Å². The maximum Gasteiger partial charge on any atom is 0.317 e. The van der Waals surface area contributed by atoms with Crippen LogP contribution >= 0.6 is 11.5 Å². The molecule has 4 heterocycles. The predicted octanol–water partition coefficient (Wildman–Crippen LogP) is 2.25. The van der Waals surface area contributed by atoms with E-state index < -0.39 is 33.8 Å². The number of halogens is 1. The van der Waals surface area contributed by atoms with Crippen molar-refractivity contribution in [3.05, 3.63) is 107 Å². The zero-order valence-electron chi connectivity index (χ0n) is 33.6. The molecule has 4 N–H and O–H groups in total. The van der Waals surface area contributed by atoms with Gasteiger partial charge in [0, 0.05) is 51.5 Å². The van der Waals surface area contributed by atoms with Crippen LogP contribution in [0.15, 0.2) is 88.9 Å². The van der Waals surface area contributed by atoms with E-state index in [1.807, 2.05) is 30.3 Å². The number of aromatic amines is 1. The molecule has 1 atom stereocenters. The number of carboxylic acid groups (broad SMARTS) is 1. The number of ether oxygens (including phenoxy) is 2. The summed E-state index contributed by atoms with van der Waals surface area (Å²) in [6, 6.07) is 18.1. The number of carbonyl (C=O) groups excluding carboxylic acids is 2. The summed E-state index contributed by atoms with van der Waals surface area (Å²) in [5.41, 5.74) is 2.70. The topological polar surface area (TPSA) is 208 Å². The number of aryl methyl sites for hydroxylation is 1. The highest BCUT2D eigenvalue weighted by atomic mass is 32.2. The van der Waals surface area contributed by atoms with Crippen molar-refractivity contribution in [2.75, 3.05) is 84.2 Å². The number of imidazole rings is 1. The molecule has 3 aromatic carbocycles. The van der Waals surface area contributed by atoms with Gasteiger partial charge in [-0.2, -0.15) is 4.31 Å². The number of nitrogens with zero attached hydrogens (tertiary/aromatic N) is 5. The zero-order chi connectivity index (χ0) is 43.4. The van der Waals surface area contributed by atoms with Crippen molar-refractivity contribution < 1.29 is 41.8 Å². The first-order chi connectivity index (χ1) is 29.4. The highest BCUT2D eigenvalue weighted by molar-refractivity contribution is 7.89. The number of carboxylic acids is 1. The van der Waals surface area contributed by atoms with E-state index >= 15 is 0 Å². The largest absolute Gasteiger partial charge is 0.480 e. The molecule has 0 bridgehead atoms. The molecule has 2 fully saturated rings. The second kappa shape index (κ2) is 21.3. The molecular weight excluding hydrogens is 832 g/mol. The van der Waals surface area contributed by atoms with Gasteiger partial charge in [-0.05, 0) is 61.3 Å². The van der Waals surface area contributed by atoms with Gasteiger partial charge in [0.25, 0.3) is 5.56 Å². The third-order valence-electron chi connectivity index (χ3n) is 10.1. The molecule has 7 rings (SSSR count). The van der Waals surface area contributed by atoms with Crippen molar-refractivity contribution in [2.45, 2.75) is 30.2 Å². The van der Waals surface area contributed by atoms with Crippen molar-refractivity contribution in [1.29, 1.82) is 0 Å². The third-order valence-corrected chi connectivity index (χ3v) is 13.0. The van der Waals surface area contributed by atoms with E-state index in [1.165, 1.54) is 45.3 Å². The van der Waals surface area contributed by atoms with E-state index in [0.717, 1.165) is 24.1 Å². The Morgan fingerprint density at radius 2 is 1.69 bits per heavy atom. The summed E-state index contributed by atoms with van der Waals surface area (Å²) in [5.74, 6) is -2.23. The van der Waals surface area contributed by atoms with Crippen molar-refractivity contribution in [2.24, 2.45) is 0 Å². The Bertz CT molecular complexity index is 2420. The third kappa shape index (κ3) is 12.1. The van der Waals surface area contributed by atoms with Crippen molar-refractivity contribution in [3.63, 3.8) is 0 Å². The maximum atomic E-state index is 13.8. The fourth-order valence-corrected chi connectivity index (χ4v) is 9.41. The van der Waals surface area contributed by atoms with Gasteiger partial charge >= 0.3 is 5.97 Å². The molecule has 0 aliphatic carbocycles. The normalized spacial score (nSPS) is 15.2. The number of nitrogens with one attached hydrogen (secondary N) is 3. The van der Waals surface area contributed by atoms with E-state index in [4.69, 9.17) is 14.6 Å². The molecule has 17 nitrogen and oxygen atoms in total. The molecule has 326 valence electrons. The number of anilines is 1. The second-order valence-corrected chi connectivity index (χ2v) is 17.2. The molecule has 2 saturated heterocycles. The Hall–Kier alpha value is -5.51. The summed E-state index contributed by atoms with van der Waals surface area (Å²) >= 11 is 1.17. The lowest BCUT2D eigenvalue weighted by atomic mass is 10.1. The Morgan fingerprint density at radius 1 is 0.967 bits per heavy atom. The molecule has 0 unspecified atom stereocenters. The SMILES string of the molecule is CNC(=O)[C@H](Cc1cnc[nH]1)NC(=O)CN(CCCc1ccccc1)CC(=O)O.O=c1c2cc(F)ccc2sn1-c1cc(S(=O)(=O)N2CCOCC2)ccc1N1CCOCC1. The number of H-pyrrole nitrogens is 1. The Morgan fingerprint density at radius 3 is 2.36 bits per heavy atom. The minimum Gasteiger partial charge on any atom is -0.480 e. The minimum absolute atomic E-state index is 0.0996. The molecule has 0 spiro atoms. The van der Waals surface area contributed by atoms with E-state index in [-0.39, 0.29) is 54.3 Å². The van der Waals surface area contributed by atoms with Gasteiger partial charge in [0.1, 0.15) is 11.9 Å². The summed E-state index contributed by atoms with van der Waals surface area (Å²) in [5, 5.41) is 14.6. The number of morpholine rings is 2. The average molecular weight is 881 g/mol. The van der Waals surface area contributed by atoms with Crippen LogP contribution in [0.1, 0.15) is 17.7 Å². The van der Waals surface area contributed by atoms with Crippen LogP contribution in [0.2, 0.25) is 0 Å². The highest BCUT2D eigenvalue weighted by Crippen LogP contribution is 2.32. The quantitative estimate of drug-likeness (QED) is 0.113. The van der Waals surface area contributed by atoms with Crippen LogP contribution in [0.25, 0.3) is 15.8 Å². The number of likely N-dealkylation sites (N-methyl/N-ethyl adjacent to an activating group) is 1. The Labute approximate surface area is 356 Å². The summed E-state index contributed by atoms with van der Waals surface area (Å²) in [6.45, 7) is 3.70. The lowest BCUT2D eigenvalue weighted by molar-refractivity contribution is -0.139. The Balaban J connectivity index is 0.000000205. The van der Waals surface area contributed by atoms with E-state index in [9.17, 15) is 32.0 Å². The number of carbonyl (C=O) groups is 3. The van der Waals surface area contributed by atoms with Gasteiger partial charge in [0.15, 0.2) is 0 Å². The number of benzene rings is 3. The number of sulfonamides is 1. The molecule has 2 aliphatic heterocycles. The molecule has 0 saturated carbocycles. The molecule has 5 aromatic rings. The zero-order valence-corrected chi connectivity index (χ0v) is 35.3. The lowest BCUT2D eigenvalue weighted by Gasteiger charge is -2.31. The minimum atomic E-state index is -3.75. The molecule has 2 aromatic heterocycles. The van der Waals surface area contributed by atoms with Crippen LogP contribution in [0, 0.1) is 5.82 Å². The van der Waals surface area contributed by atoms with Gasteiger partial charge in [0.05, 0.1) is 72.2 Å². The molecule has 20 heteroatoms. The second-order valence-electron chi connectivity index (χ2n) is 14.3. The summed E-state index contributed by atoms with van der Waals surface area (Å²) < 4.78 is 54.5. The van der Waals surface area contributed by atoms with Crippen LogP contribution in [-0.2, 0) is 46.7 Å². The monoisotopic (exact) mass is 880 g/mol. The highest BCUT2D eigenvalue weighted by Gasteiger charge is 2.29. The van der Waals surface area contributed by atoms with Crippen LogP contribution < -0.4 is 21.1 Å². The van der Waals surface area contributed by atoms with Crippen LogP contribution in [0.5, 0.6) is 0 Å².